The second-order valence-corrected chi connectivity index (χ2v) is 2.72. The lowest BCUT2D eigenvalue weighted by Crippen LogP contribution is -2.23. The standard InChI is InChI=1S/C9H13N3O2/c1-7(9(11)14)3-2-6-12-8(13)4-5-10/h3H,2,4,6H2,1H3,(H2,11,14)(H,12,13). The molecule has 0 heterocycles. The van der Waals surface area contributed by atoms with E-state index in [1.54, 1.807) is 19.1 Å². The third kappa shape index (κ3) is 5.77. The van der Waals surface area contributed by atoms with E-state index in [1.807, 2.05) is 0 Å². The molecule has 0 aromatic rings. The van der Waals surface area contributed by atoms with Crippen molar-refractivity contribution in [3.8, 4) is 6.07 Å². The molecular formula is C9H13N3O2. The zero-order valence-corrected chi connectivity index (χ0v) is 8.04. The molecule has 0 radical (unpaired) electrons. The third-order valence-corrected chi connectivity index (χ3v) is 1.55. The molecule has 76 valence electrons. The minimum Gasteiger partial charge on any atom is -0.366 e. The van der Waals surface area contributed by atoms with E-state index >= 15 is 0 Å². The lowest BCUT2D eigenvalue weighted by Gasteiger charge is -1.99. The molecular weight excluding hydrogens is 182 g/mol. The number of carbonyl (C=O) groups excluding carboxylic acids is 2. The monoisotopic (exact) mass is 195 g/mol. The number of nitriles is 1. The van der Waals surface area contributed by atoms with Gasteiger partial charge in [-0.3, -0.25) is 9.59 Å². The zero-order valence-electron chi connectivity index (χ0n) is 8.04. The van der Waals surface area contributed by atoms with Gasteiger partial charge in [-0.1, -0.05) is 6.08 Å². The van der Waals surface area contributed by atoms with Crippen molar-refractivity contribution in [2.45, 2.75) is 19.8 Å². The molecule has 5 nitrogen and oxygen atoms in total. The Hall–Kier alpha value is -1.83. The van der Waals surface area contributed by atoms with Gasteiger partial charge in [0.05, 0.1) is 6.07 Å². The summed E-state index contributed by atoms with van der Waals surface area (Å²) in [6.45, 7) is 2.02. The number of nitrogens with one attached hydrogen (secondary N) is 1. The first-order valence-corrected chi connectivity index (χ1v) is 4.18. The predicted octanol–water partition coefficient (Wildman–Crippen LogP) is -0.162. The molecule has 0 aliphatic heterocycles. The molecule has 0 rings (SSSR count). The Morgan fingerprint density at radius 1 is 1.57 bits per heavy atom. The van der Waals surface area contributed by atoms with Crippen LogP contribution in [0, 0.1) is 11.3 Å². The summed E-state index contributed by atoms with van der Waals surface area (Å²) in [7, 11) is 0. The van der Waals surface area contributed by atoms with Crippen LogP contribution < -0.4 is 11.1 Å². The maximum atomic E-state index is 10.8. The van der Waals surface area contributed by atoms with Gasteiger partial charge >= 0.3 is 0 Å². The maximum Gasteiger partial charge on any atom is 0.244 e. The van der Waals surface area contributed by atoms with Gasteiger partial charge in [0.1, 0.15) is 6.42 Å². The number of nitrogens with two attached hydrogens (primary N) is 1. The van der Waals surface area contributed by atoms with Gasteiger partial charge in [0.2, 0.25) is 11.8 Å². The van der Waals surface area contributed by atoms with E-state index in [1.165, 1.54) is 0 Å². The van der Waals surface area contributed by atoms with E-state index in [0.29, 0.717) is 18.5 Å². The summed E-state index contributed by atoms with van der Waals surface area (Å²) in [6.07, 6.45) is 2.04. The average Bonchev–Trinajstić information content (AvgIpc) is 2.12. The lowest BCUT2D eigenvalue weighted by molar-refractivity contribution is -0.120. The van der Waals surface area contributed by atoms with Crippen LogP contribution in [-0.4, -0.2) is 18.4 Å². The SMILES string of the molecule is CC(=CCCNC(=O)CC#N)C(N)=O. The highest BCUT2D eigenvalue weighted by Gasteiger charge is 1.98. The molecule has 0 unspecified atom stereocenters. The van der Waals surface area contributed by atoms with Crippen LogP contribution in [-0.2, 0) is 9.59 Å². The predicted molar refractivity (Wildman–Crippen MR) is 50.8 cm³/mol. The Labute approximate surface area is 82.6 Å². The molecule has 0 saturated heterocycles. The topological polar surface area (TPSA) is 96.0 Å². The van der Waals surface area contributed by atoms with Crippen molar-refractivity contribution >= 4 is 11.8 Å². The minimum atomic E-state index is -0.464. The van der Waals surface area contributed by atoms with Crippen LogP contribution in [0.5, 0.6) is 0 Å². The summed E-state index contributed by atoms with van der Waals surface area (Å²) in [5, 5.41) is 10.7. The van der Waals surface area contributed by atoms with Crippen molar-refractivity contribution < 1.29 is 9.59 Å². The van der Waals surface area contributed by atoms with Crippen molar-refractivity contribution in [1.29, 1.82) is 5.26 Å². The fourth-order valence-electron chi connectivity index (χ4n) is 0.735. The highest BCUT2D eigenvalue weighted by atomic mass is 16.1. The Morgan fingerprint density at radius 2 is 2.21 bits per heavy atom. The molecule has 2 amide bonds. The summed E-state index contributed by atoms with van der Waals surface area (Å²) < 4.78 is 0. The summed E-state index contributed by atoms with van der Waals surface area (Å²) in [5.74, 6) is -0.772. The van der Waals surface area contributed by atoms with E-state index < -0.39 is 5.91 Å². The van der Waals surface area contributed by atoms with Crippen molar-refractivity contribution in [3.05, 3.63) is 11.6 Å². The molecule has 0 aromatic heterocycles. The first kappa shape index (κ1) is 12.2. The molecule has 0 saturated carbocycles. The summed E-state index contributed by atoms with van der Waals surface area (Å²) in [5.41, 5.74) is 5.46. The van der Waals surface area contributed by atoms with Crippen molar-refractivity contribution in [1.82, 2.24) is 5.32 Å². The molecule has 3 N–H and O–H groups in total. The zero-order chi connectivity index (χ0) is 11.0. The van der Waals surface area contributed by atoms with Gasteiger partial charge in [0.15, 0.2) is 0 Å². The number of hydrogen-bond donors (Lipinski definition) is 2. The van der Waals surface area contributed by atoms with Crippen molar-refractivity contribution in [3.63, 3.8) is 0 Å². The van der Waals surface area contributed by atoms with Gasteiger partial charge in [-0.15, -0.1) is 0 Å². The van der Waals surface area contributed by atoms with Crippen LogP contribution in [0.4, 0.5) is 0 Å². The summed E-state index contributed by atoms with van der Waals surface area (Å²) in [4.78, 5) is 21.3. The van der Waals surface area contributed by atoms with Crippen molar-refractivity contribution in [2.75, 3.05) is 6.54 Å². The van der Waals surface area contributed by atoms with Crippen LogP contribution in [0.1, 0.15) is 19.8 Å². The fourth-order valence-corrected chi connectivity index (χ4v) is 0.735. The van der Waals surface area contributed by atoms with Gasteiger partial charge in [-0.25, -0.2) is 0 Å². The summed E-state index contributed by atoms with van der Waals surface area (Å²) >= 11 is 0. The van der Waals surface area contributed by atoms with Crippen LogP contribution in [0.3, 0.4) is 0 Å². The van der Waals surface area contributed by atoms with E-state index in [-0.39, 0.29) is 12.3 Å². The number of amides is 2. The van der Waals surface area contributed by atoms with Crippen molar-refractivity contribution in [2.24, 2.45) is 5.73 Å². The van der Waals surface area contributed by atoms with Gasteiger partial charge < -0.3 is 11.1 Å². The second-order valence-electron chi connectivity index (χ2n) is 2.72. The number of rotatable bonds is 5. The molecule has 0 spiro atoms. The summed E-state index contributed by atoms with van der Waals surface area (Å²) in [6, 6.07) is 1.73. The molecule has 0 aromatic carbocycles. The van der Waals surface area contributed by atoms with Gasteiger partial charge in [-0.05, 0) is 13.3 Å². The molecule has 5 heteroatoms. The molecule has 0 bridgehead atoms. The van der Waals surface area contributed by atoms with Gasteiger partial charge in [0, 0.05) is 12.1 Å². The van der Waals surface area contributed by atoms with E-state index in [2.05, 4.69) is 5.32 Å². The fraction of sp³-hybridized carbons (Fsp3) is 0.444. The van der Waals surface area contributed by atoms with Crippen LogP contribution in [0.25, 0.3) is 0 Å². The molecule has 14 heavy (non-hydrogen) atoms. The smallest absolute Gasteiger partial charge is 0.244 e. The minimum absolute atomic E-state index is 0.140. The number of carbonyl (C=O) groups is 2. The Morgan fingerprint density at radius 3 is 2.71 bits per heavy atom. The molecule has 0 aliphatic rings. The van der Waals surface area contributed by atoms with Crippen LogP contribution >= 0.6 is 0 Å². The highest BCUT2D eigenvalue weighted by Crippen LogP contribution is 1.92. The Kier molecular flexibility index (Phi) is 5.79. The van der Waals surface area contributed by atoms with E-state index in [4.69, 9.17) is 11.0 Å². The molecule has 0 aliphatic carbocycles. The first-order chi connectivity index (χ1) is 6.57. The van der Waals surface area contributed by atoms with E-state index in [9.17, 15) is 9.59 Å². The highest BCUT2D eigenvalue weighted by molar-refractivity contribution is 5.91. The third-order valence-electron chi connectivity index (χ3n) is 1.55. The number of primary amides is 1. The number of hydrogen-bond acceptors (Lipinski definition) is 3. The van der Waals surface area contributed by atoms with Crippen LogP contribution in [0.2, 0.25) is 0 Å². The largest absolute Gasteiger partial charge is 0.366 e. The molecule has 0 fully saturated rings. The Bertz CT molecular complexity index is 289. The normalized spacial score (nSPS) is 10.4. The van der Waals surface area contributed by atoms with Gasteiger partial charge in [-0.2, -0.15) is 5.26 Å². The Balaban J connectivity index is 3.67. The lowest BCUT2D eigenvalue weighted by atomic mass is 10.2. The molecule has 0 atom stereocenters. The quantitative estimate of drug-likeness (QED) is 0.471. The average molecular weight is 195 g/mol. The first-order valence-electron chi connectivity index (χ1n) is 4.18. The maximum absolute atomic E-state index is 10.8. The van der Waals surface area contributed by atoms with E-state index in [0.717, 1.165) is 0 Å². The number of nitrogens with zero attached hydrogens (tertiary/aromatic N) is 1. The van der Waals surface area contributed by atoms with Gasteiger partial charge in [0.25, 0.3) is 0 Å². The van der Waals surface area contributed by atoms with Crippen LogP contribution in [0.15, 0.2) is 11.6 Å². The second kappa shape index (κ2) is 6.66.